The number of nitrogens with zero attached hydrogens (tertiary/aromatic N) is 2. The monoisotopic (exact) mass is 480 g/mol. The second-order valence-corrected chi connectivity index (χ2v) is 9.63. The van der Waals surface area contributed by atoms with Gasteiger partial charge in [0.05, 0.1) is 29.5 Å². The Morgan fingerprint density at radius 2 is 1.97 bits per heavy atom. The third-order valence-corrected chi connectivity index (χ3v) is 7.56. The van der Waals surface area contributed by atoms with Crippen LogP contribution in [0.1, 0.15) is 18.0 Å². The molecule has 1 aromatic heterocycles. The first-order valence-electron chi connectivity index (χ1n) is 11.1. The highest BCUT2D eigenvalue weighted by molar-refractivity contribution is 8.00. The highest BCUT2D eigenvalue weighted by Crippen LogP contribution is 2.36. The van der Waals surface area contributed by atoms with Gasteiger partial charge in [0.1, 0.15) is 11.9 Å². The molecule has 10 heteroatoms. The van der Waals surface area contributed by atoms with Crippen molar-refractivity contribution in [3.8, 4) is 0 Å². The molecule has 34 heavy (non-hydrogen) atoms. The summed E-state index contributed by atoms with van der Waals surface area (Å²) in [6, 6.07) is 11.5. The molecule has 174 valence electrons. The van der Waals surface area contributed by atoms with E-state index in [9.17, 15) is 18.8 Å². The Bertz CT molecular complexity index is 1410. The Labute approximate surface area is 198 Å². The zero-order chi connectivity index (χ0) is 23.4. The van der Waals surface area contributed by atoms with E-state index >= 15 is 0 Å². The molecule has 2 amide bonds. The summed E-state index contributed by atoms with van der Waals surface area (Å²) >= 11 is 1.47. The zero-order valence-electron chi connectivity index (χ0n) is 18.0. The first kappa shape index (κ1) is 21.2. The molecule has 3 aliphatic rings. The fourth-order valence-corrected chi connectivity index (χ4v) is 5.68. The quantitative estimate of drug-likeness (QED) is 0.583. The molecule has 1 saturated heterocycles. The maximum atomic E-state index is 14.6. The van der Waals surface area contributed by atoms with Gasteiger partial charge in [-0.1, -0.05) is 0 Å². The molecule has 0 spiro atoms. The van der Waals surface area contributed by atoms with Crippen molar-refractivity contribution in [3.05, 3.63) is 64.2 Å². The first-order chi connectivity index (χ1) is 16.5. The van der Waals surface area contributed by atoms with E-state index in [4.69, 9.17) is 4.74 Å². The van der Waals surface area contributed by atoms with Gasteiger partial charge < -0.3 is 19.9 Å². The molecule has 3 aromatic rings. The summed E-state index contributed by atoms with van der Waals surface area (Å²) in [7, 11) is 0. The van der Waals surface area contributed by atoms with Gasteiger partial charge in [0.15, 0.2) is 0 Å². The SMILES string of the molecule is O=C1CSc2ccc(N3C[C@@H](CCN[C@H]4Cn5c(=O)ccc6ccc(F)c4c65)OC3=O)cc2N1. The van der Waals surface area contributed by atoms with Gasteiger partial charge >= 0.3 is 6.09 Å². The number of anilines is 2. The summed E-state index contributed by atoms with van der Waals surface area (Å²) in [5.41, 5.74) is 2.37. The lowest BCUT2D eigenvalue weighted by atomic mass is 10.1. The van der Waals surface area contributed by atoms with E-state index in [-0.39, 0.29) is 29.4 Å². The highest BCUT2D eigenvalue weighted by atomic mass is 32.2. The number of hydrogen-bond acceptors (Lipinski definition) is 6. The lowest BCUT2D eigenvalue weighted by Gasteiger charge is -2.20. The number of cyclic esters (lactones) is 1. The van der Waals surface area contributed by atoms with Crippen LogP contribution in [0, 0.1) is 5.82 Å². The average Bonchev–Trinajstić information content (AvgIpc) is 3.39. The topological polar surface area (TPSA) is 92.7 Å². The van der Waals surface area contributed by atoms with Crippen LogP contribution >= 0.6 is 11.8 Å². The number of carbonyl (C=O) groups is 2. The Morgan fingerprint density at radius 1 is 1.12 bits per heavy atom. The predicted octanol–water partition coefficient (Wildman–Crippen LogP) is 3.24. The molecule has 3 aliphatic heterocycles. The molecule has 0 radical (unpaired) electrons. The van der Waals surface area contributed by atoms with Crippen LogP contribution in [0.4, 0.5) is 20.6 Å². The summed E-state index contributed by atoms with van der Waals surface area (Å²) in [5, 5.41) is 7.01. The van der Waals surface area contributed by atoms with Gasteiger partial charge in [-0.05, 0) is 54.8 Å². The number of halogens is 1. The molecule has 4 heterocycles. The number of fused-ring (bicyclic) bond motifs is 1. The van der Waals surface area contributed by atoms with Crippen LogP contribution in [0.3, 0.4) is 0 Å². The summed E-state index contributed by atoms with van der Waals surface area (Å²) in [5.74, 6) is -0.0178. The van der Waals surface area contributed by atoms with Crippen molar-refractivity contribution in [3.63, 3.8) is 0 Å². The summed E-state index contributed by atoms with van der Waals surface area (Å²) < 4.78 is 21.8. The normalized spacial score (nSPS) is 21.0. The molecule has 2 N–H and O–H groups in total. The number of amides is 2. The third kappa shape index (κ3) is 3.54. The van der Waals surface area contributed by atoms with Crippen molar-refractivity contribution in [2.45, 2.75) is 30.0 Å². The molecular weight excluding hydrogens is 459 g/mol. The second kappa shape index (κ2) is 8.14. The van der Waals surface area contributed by atoms with Crippen molar-refractivity contribution in [2.24, 2.45) is 0 Å². The minimum atomic E-state index is -0.435. The first-order valence-corrected chi connectivity index (χ1v) is 12.1. The van der Waals surface area contributed by atoms with Gasteiger partial charge in [-0.3, -0.25) is 14.5 Å². The lowest BCUT2D eigenvalue weighted by molar-refractivity contribution is -0.113. The number of pyridine rings is 1. The van der Waals surface area contributed by atoms with Gasteiger partial charge in [0.25, 0.3) is 5.56 Å². The summed E-state index contributed by atoms with van der Waals surface area (Å²) in [6.45, 7) is 1.24. The lowest BCUT2D eigenvalue weighted by Crippen LogP contribution is -2.29. The van der Waals surface area contributed by atoms with Crippen LogP contribution in [0.2, 0.25) is 0 Å². The van der Waals surface area contributed by atoms with Gasteiger partial charge in [0, 0.05) is 28.8 Å². The van der Waals surface area contributed by atoms with Crippen LogP contribution in [-0.2, 0) is 16.1 Å². The molecule has 0 bridgehead atoms. The maximum Gasteiger partial charge on any atom is 0.414 e. The summed E-state index contributed by atoms with van der Waals surface area (Å²) in [4.78, 5) is 39.0. The van der Waals surface area contributed by atoms with Crippen molar-refractivity contribution in [1.29, 1.82) is 0 Å². The van der Waals surface area contributed by atoms with Crippen LogP contribution in [0.5, 0.6) is 0 Å². The number of thioether (sulfide) groups is 1. The van der Waals surface area contributed by atoms with Crippen molar-refractivity contribution in [1.82, 2.24) is 9.88 Å². The van der Waals surface area contributed by atoms with E-state index < -0.39 is 6.09 Å². The highest BCUT2D eigenvalue weighted by Gasteiger charge is 2.34. The van der Waals surface area contributed by atoms with Crippen molar-refractivity contribution < 1.29 is 18.7 Å². The Hall–Kier alpha value is -3.37. The van der Waals surface area contributed by atoms with E-state index in [1.807, 2.05) is 12.1 Å². The molecule has 2 atom stereocenters. The number of benzene rings is 2. The van der Waals surface area contributed by atoms with E-state index in [0.717, 1.165) is 10.3 Å². The minimum Gasteiger partial charge on any atom is -0.444 e. The number of carbonyl (C=O) groups excluding carboxylic acids is 2. The molecule has 0 saturated carbocycles. The number of hydrogen-bond donors (Lipinski definition) is 2. The average molecular weight is 481 g/mol. The molecule has 2 aromatic carbocycles. The predicted molar refractivity (Wildman–Crippen MR) is 127 cm³/mol. The molecule has 1 fully saturated rings. The van der Waals surface area contributed by atoms with Crippen molar-refractivity contribution >= 4 is 46.0 Å². The van der Waals surface area contributed by atoms with Gasteiger partial charge in [-0.2, -0.15) is 0 Å². The fraction of sp³-hybridized carbons (Fsp3) is 0.292. The van der Waals surface area contributed by atoms with Gasteiger partial charge in [0.2, 0.25) is 5.91 Å². The second-order valence-electron chi connectivity index (χ2n) is 8.61. The number of rotatable bonds is 5. The molecule has 0 unspecified atom stereocenters. The molecule has 0 aliphatic carbocycles. The largest absolute Gasteiger partial charge is 0.444 e. The van der Waals surface area contributed by atoms with E-state index in [2.05, 4.69) is 10.6 Å². The standard InChI is InChI=1S/C24H21FN4O4S/c25-16-4-1-13-2-6-21(31)29-11-18(22(16)23(13)29)26-8-7-15-10-28(24(32)33-15)14-3-5-19-17(9-14)27-20(30)12-34-19/h1-6,9,15,18,26H,7-8,10-12H2,(H,27,30)/t15-,18+/m1/s1. The molecule has 6 rings (SSSR count). The van der Waals surface area contributed by atoms with E-state index in [1.165, 1.54) is 23.9 Å². The van der Waals surface area contributed by atoms with Crippen LogP contribution in [0.25, 0.3) is 10.9 Å². The molecule has 8 nitrogen and oxygen atoms in total. The smallest absolute Gasteiger partial charge is 0.414 e. The minimum absolute atomic E-state index is 0.0638. The number of nitrogens with one attached hydrogen (secondary N) is 2. The van der Waals surface area contributed by atoms with Crippen LogP contribution < -0.4 is 21.1 Å². The van der Waals surface area contributed by atoms with Gasteiger partial charge in [-0.25, -0.2) is 9.18 Å². The molecular formula is C24H21FN4O4S. The zero-order valence-corrected chi connectivity index (χ0v) is 18.9. The summed E-state index contributed by atoms with van der Waals surface area (Å²) in [6.07, 6.45) is -0.221. The van der Waals surface area contributed by atoms with Crippen LogP contribution in [0.15, 0.2) is 52.2 Å². The Kier molecular flexibility index (Phi) is 5.07. The maximum absolute atomic E-state index is 14.6. The fourth-order valence-electron chi connectivity index (χ4n) is 4.89. The Morgan fingerprint density at radius 3 is 2.85 bits per heavy atom. The van der Waals surface area contributed by atoms with E-state index in [1.54, 1.807) is 27.7 Å². The number of ether oxygens (including phenoxy) is 1. The van der Waals surface area contributed by atoms with Crippen LogP contribution in [-0.4, -0.2) is 41.5 Å². The number of aromatic nitrogens is 1. The van der Waals surface area contributed by atoms with E-state index in [0.29, 0.717) is 54.3 Å². The van der Waals surface area contributed by atoms with Gasteiger partial charge in [-0.15, -0.1) is 11.8 Å². The Balaban J connectivity index is 1.12. The van der Waals surface area contributed by atoms with Crippen molar-refractivity contribution in [2.75, 3.05) is 29.1 Å². The third-order valence-electron chi connectivity index (χ3n) is 6.49.